The number of hydrogen-bond acceptors (Lipinski definition) is 4. The summed E-state index contributed by atoms with van der Waals surface area (Å²) >= 11 is 0. The van der Waals surface area contributed by atoms with E-state index in [-0.39, 0.29) is 17.6 Å². The molecule has 2 amide bonds. The zero-order valence-electron chi connectivity index (χ0n) is 17.0. The van der Waals surface area contributed by atoms with Gasteiger partial charge in [-0.25, -0.2) is 9.69 Å². The molecule has 1 atom stereocenters. The molecule has 1 aromatic rings. The van der Waals surface area contributed by atoms with Gasteiger partial charge in [-0.05, 0) is 23.7 Å². The number of amides is 2. The molecule has 2 rings (SSSR count). The van der Waals surface area contributed by atoms with E-state index < -0.39 is 25.9 Å². The van der Waals surface area contributed by atoms with Crippen LogP contribution in [0.5, 0.6) is 0 Å². The van der Waals surface area contributed by atoms with E-state index in [1.54, 1.807) is 0 Å². The maximum atomic E-state index is 12.9. The van der Waals surface area contributed by atoms with Crippen molar-refractivity contribution in [3.05, 3.63) is 35.9 Å². The van der Waals surface area contributed by atoms with Crippen molar-refractivity contribution in [3.8, 4) is 0 Å². The predicted molar refractivity (Wildman–Crippen MR) is 104 cm³/mol. The number of hydrogen-bond donors (Lipinski definition) is 0. The lowest BCUT2D eigenvalue weighted by molar-refractivity contribution is -0.133. The van der Waals surface area contributed by atoms with Crippen molar-refractivity contribution in [1.82, 2.24) is 4.90 Å². The summed E-state index contributed by atoms with van der Waals surface area (Å²) in [4.78, 5) is 26.6. The zero-order chi connectivity index (χ0) is 19.8. The summed E-state index contributed by atoms with van der Waals surface area (Å²) in [5.74, 6) is -0.294. The lowest BCUT2D eigenvalue weighted by Crippen LogP contribution is -2.49. The van der Waals surface area contributed by atoms with E-state index in [9.17, 15) is 9.59 Å². The predicted octanol–water partition coefficient (Wildman–Crippen LogP) is 4.58. The van der Waals surface area contributed by atoms with Gasteiger partial charge in [0.2, 0.25) is 0 Å². The van der Waals surface area contributed by atoms with E-state index in [4.69, 9.17) is 9.16 Å². The third kappa shape index (κ3) is 4.35. The Labute approximate surface area is 157 Å². The molecule has 0 aliphatic carbocycles. The zero-order valence-corrected chi connectivity index (χ0v) is 18.0. The monoisotopic (exact) mass is 377 g/mol. The Balaban J connectivity index is 2.08. The van der Waals surface area contributed by atoms with Gasteiger partial charge in [0.1, 0.15) is 12.7 Å². The molecule has 0 spiro atoms. The standard InChI is InChI=1S/C20H31NO4Si/c1-19(2,3)26(6,7)25-16-17(22)21(14-20(16,4)5)18(23)24-13-15-11-9-8-10-12-15/h8-12,16H,13-14H2,1-7H3. The van der Waals surface area contributed by atoms with E-state index in [1.165, 1.54) is 4.90 Å². The molecule has 1 fully saturated rings. The third-order valence-electron chi connectivity index (χ3n) is 5.41. The smallest absolute Gasteiger partial charge is 0.416 e. The summed E-state index contributed by atoms with van der Waals surface area (Å²) in [7, 11) is -2.14. The van der Waals surface area contributed by atoms with Gasteiger partial charge in [-0.2, -0.15) is 0 Å². The molecule has 1 unspecified atom stereocenters. The van der Waals surface area contributed by atoms with Gasteiger partial charge in [-0.3, -0.25) is 4.79 Å². The minimum Gasteiger partial charge on any atom is -0.444 e. The van der Waals surface area contributed by atoms with E-state index in [0.717, 1.165) is 5.56 Å². The van der Waals surface area contributed by atoms with Gasteiger partial charge in [0.25, 0.3) is 5.91 Å². The molecule has 0 radical (unpaired) electrons. The van der Waals surface area contributed by atoms with E-state index in [1.807, 2.05) is 44.2 Å². The molecule has 144 valence electrons. The van der Waals surface area contributed by atoms with Crippen LogP contribution in [-0.2, 0) is 20.6 Å². The van der Waals surface area contributed by atoms with Crippen molar-refractivity contribution in [3.63, 3.8) is 0 Å². The molecule has 1 aromatic carbocycles. The molecule has 1 heterocycles. The van der Waals surface area contributed by atoms with Gasteiger partial charge >= 0.3 is 6.09 Å². The number of likely N-dealkylation sites (tertiary alicyclic amines) is 1. The second-order valence-corrected chi connectivity index (χ2v) is 14.0. The van der Waals surface area contributed by atoms with Crippen LogP contribution in [0, 0.1) is 5.41 Å². The SMILES string of the molecule is CC1(C)CN(C(=O)OCc2ccccc2)C(=O)C1O[Si](C)(C)C(C)(C)C. The Hall–Kier alpha value is -1.66. The van der Waals surface area contributed by atoms with Crippen LogP contribution in [0.1, 0.15) is 40.2 Å². The first-order chi connectivity index (χ1) is 11.8. The normalized spacial score (nSPS) is 20.3. The fraction of sp³-hybridized carbons (Fsp3) is 0.600. The lowest BCUT2D eigenvalue weighted by atomic mass is 9.90. The van der Waals surface area contributed by atoms with Crippen molar-refractivity contribution in [2.24, 2.45) is 5.41 Å². The summed E-state index contributed by atoms with van der Waals surface area (Å²) in [6, 6.07) is 9.44. The third-order valence-corrected chi connectivity index (χ3v) is 9.85. The molecule has 1 aliphatic heterocycles. The van der Waals surface area contributed by atoms with Crippen LogP contribution in [0.3, 0.4) is 0 Å². The van der Waals surface area contributed by atoms with E-state index in [0.29, 0.717) is 6.54 Å². The maximum absolute atomic E-state index is 12.9. The Morgan fingerprint density at radius 2 is 1.81 bits per heavy atom. The first-order valence-electron chi connectivity index (χ1n) is 9.05. The van der Waals surface area contributed by atoms with Crippen LogP contribution in [0.25, 0.3) is 0 Å². The second-order valence-electron chi connectivity index (χ2n) is 9.21. The van der Waals surface area contributed by atoms with Gasteiger partial charge in [-0.1, -0.05) is 65.0 Å². The van der Waals surface area contributed by atoms with Crippen molar-refractivity contribution in [2.45, 2.75) is 65.5 Å². The largest absolute Gasteiger partial charge is 0.444 e. The number of carbonyl (C=O) groups excluding carboxylic acids is 2. The van der Waals surface area contributed by atoms with Crippen molar-refractivity contribution < 1.29 is 18.8 Å². The van der Waals surface area contributed by atoms with Gasteiger partial charge < -0.3 is 9.16 Å². The summed E-state index contributed by atoms with van der Waals surface area (Å²) in [5, 5.41) is -0.00933. The number of rotatable bonds is 4. The second kappa shape index (κ2) is 7.16. The highest BCUT2D eigenvalue weighted by Crippen LogP contribution is 2.42. The highest BCUT2D eigenvalue weighted by atomic mass is 28.4. The number of carbonyl (C=O) groups is 2. The first-order valence-corrected chi connectivity index (χ1v) is 12.0. The molecule has 0 aromatic heterocycles. The molecule has 26 heavy (non-hydrogen) atoms. The number of benzene rings is 1. The fourth-order valence-electron chi connectivity index (χ4n) is 2.68. The van der Waals surface area contributed by atoms with Crippen molar-refractivity contribution in [2.75, 3.05) is 6.54 Å². The summed E-state index contributed by atoms with van der Waals surface area (Å²) in [5.41, 5.74) is 0.444. The van der Waals surface area contributed by atoms with Crippen molar-refractivity contribution in [1.29, 1.82) is 0 Å². The average molecular weight is 378 g/mol. The Bertz CT molecular complexity index is 664. The molecule has 0 N–H and O–H groups in total. The quantitative estimate of drug-likeness (QED) is 0.721. The number of imide groups is 1. The van der Waals surface area contributed by atoms with Crippen LogP contribution < -0.4 is 0 Å². The summed E-state index contributed by atoms with van der Waals surface area (Å²) in [6.45, 7) is 15.0. The van der Waals surface area contributed by atoms with Gasteiger partial charge in [0, 0.05) is 12.0 Å². The molecule has 1 saturated heterocycles. The lowest BCUT2D eigenvalue weighted by Gasteiger charge is -2.40. The van der Waals surface area contributed by atoms with Gasteiger partial charge in [0.15, 0.2) is 8.32 Å². The van der Waals surface area contributed by atoms with Crippen LogP contribution in [0.15, 0.2) is 30.3 Å². The molecule has 6 heteroatoms. The molecule has 0 saturated carbocycles. The topological polar surface area (TPSA) is 55.8 Å². The summed E-state index contributed by atoms with van der Waals surface area (Å²) in [6.07, 6.45) is -1.22. The van der Waals surface area contributed by atoms with Crippen molar-refractivity contribution >= 4 is 20.3 Å². The summed E-state index contributed by atoms with van der Waals surface area (Å²) < 4.78 is 11.7. The Morgan fingerprint density at radius 3 is 2.35 bits per heavy atom. The molecular weight excluding hydrogens is 346 g/mol. The number of nitrogens with zero attached hydrogens (tertiary/aromatic N) is 1. The molecule has 0 bridgehead atoms. The minimum absolute atomic E-state index is 0.00933. The van der Waals surface area contributed by atoms with Crippen LogP contribution in [0.4, 0.5) is 4.79 Å². The highest BCUT2D eigenvalue weighted by molar-refractivity contribution is 6.74. The maximum Gasteiger partial charge on any atom is 0.416 e. The van der Waals surface area contributed by atoms with E-state index in [2.05, 4.69) is 33.9 Å². The van der Waals surface area contributed by atoms with Gasteiger partial charge in [-0.15, -0.1) is 0 Å². The number of ether oxygens (including phenoxy) is 1. The molecular formula is C20H31NO4Si. The van der Waals surface area contributed by atoms with Crippen LogP contribution in [0.2, 0.25) is 18.1 Å². The Morgan fingerprint density at radius 1 is 1.23 bits per heavy atom. The first kappa shape index (κ1) is 20.6. The fourth-order valence-corrected chi connectivity index (χ4v) is 4.04. The highest BCUT2D eigenvalue weighted by Gasteiger charge is 2.53. The Kier molecular flexibility index (Phi) is 5.68. The van der Waals surface area contributed by atoms with E-state index >= 15 is 0 Å². The average Bonchev–Trinajstić information content (AvgIpc) is 2.76. The molecule has 1 aliphatic rings. The van der Waals surface area contributed by atoms with Crippen LogP contribution >= 0.6 is 0 Å². The van der Waals surface area contributed by atoms with Crippen LogP contribution in [-0.4, -0.2) is 37.9 Å². The molecule has 5 nitrogen and oxygen atoms in total. The van der Waals surface area contributed by atoms with Gasteiger partial charge in [0.05, 0.1) is 0 Å². The minimum atomic E-state index is -2.14.